The Labute approximate surface area is 136 Å². The fourth-order valence-corrected chi connectivity index (χ4v) is 3.68. The van der Waals surface area contributed by atoms with Crippen LogP contribution >= 0.6 is 11.6 Å². The van der Waals surface area contributed by atoms with E-state index in [-0.39, 0.29) is 6.04 Å². The summed E-state index contributed by atoms with van der Waals surface area (Å²) < 4.78 is 10.7. The molecular weight excluding hydrogens is 302 g/mol. The van der Waals surface area contributed by atoms with E-state index in [0.717, 1.165) is 31.6 Å². The van der Waals surface area contributed by atoms with Crippen molar-refractivity contribution in [2.75, 3.05) is 33.9 Å². The Morgan fingerprint density at radius 3 is 2.86 bits per heavy atom. The number of benzene rings is 1. The lowest BCUT2D eigenvalue weighted by Gasteiger charge is -2.33. The number of halogens is 1. The lowest BCUT2D eigenvalue weighted by atomic mass is 9.86. The van der Waals surface area contributed by atoms with Crippen molar-refractivity contribution in [2.24, 2.45) is 11.0 Å². The second-order valence-electron chi connectivity index (χ2n) is 5.66. The molecule has 2 atom stereocenters. The number of nitrogens with one attached hydrogen (secondary N) is 1. The first kappa shape index (κ1) is 15.4. The number of hydrogen-bond donors (Lipinski definition) is 1. The summed E-state index contributed by atoms with van der Waals surface area (Å²) in [6, 6.07) is 4.00. The van der Waals surface area contributed by atoms with Crippen LogP contribution in [0.2, 0.25) is 5.02 Å². The molecule has 120 valence electrons. The molecule has 1 aromatic rings. The highest BCUT2D eigenvalue weighted by Crippen LogP contribution is 2.43. The number of ether oxygens (including phenoxy) is 2. The Balaban J connectivity index is 1.92. The van der Waals surface area contributed by atoms with Crippen LogP contribution in [0.4, 0.5) is 0 Å². The number of nitrogens with zero attached hydrogens (tertiary/aromatic N) is 2. The summed E-state index contributed by atoms with van der Waals surface area (Å²) >= 11 is 6.56. The normalized spacial score (nSPS) is 24.5. The number of fused-ring (bicyclic) bond motifs is 1. The standard InChI is InChI=1S/C16H22ClN3O2/c1-4-20-8-7-12-11(9-20)15(19-18-12)10-5-6-13(21-2)16(22-3)14(10)17/h5-6,11,15,19H,4,7-9H2,1-3H3. The molecule has 0 radical (unpaired) electrons. The average Bonchev–Trinajstić information content (AvgIpc) is 2.97. The first-order valence-electron chi connectivity index (χ1n) is 7.64. The third kappa shape index (κ3) is 2.52. The molecule has 22 heavy (non-hydrogen) atoms. The average molecular weight is 324 g/mol. The van der Waals surface area contributed by atoms with E-state index in [0.29, 0.717) is 22.4 Å². The van der Waals surface area contributed by atoms with Crippen molar-refractivity contribution in [3.63, 3.8) is 0 Å². The van der Waals surface area contributed by atoms with Crippen LogP contribution in [0, 0.1) is 5.92 Å². The number of methoxy groups -OCH3 is 2. The van der Waals surface area contributed by atoms with Crippen LogP contribution in [0.15, 0.2) is 17.2 Å². The first-order chi connectivity index (χ1) is 10.7. The SMILES string of the molecule is CCN1CCC2=NNC(c3ccc(OC)c(OC)c3Cl)C2C1. The second kappa shape index (κ2) is 6.34. The van der Waals surface area contributed by atoms with Gasteiger partial charge in [0.15, 0.2) is 11.5 Å². The fourth-order valence-electron chi connectivity index (χ4n) is 3.33. The summed E-state index contributed by atoms with van der Waals surface area (Å²) in [6.07, 6.45) is 1.02. The molecule has 1 aromatic carbocycles. The van der Waals surface area contributed by atoms with Gasteiger partial charge in [-0.1, -0.05) is 24.6 Å². The number of rotatable bonds is 4. The minimum atomic E-state index is 0.0941. The van der Waals surface area contributed by atoms with E-state index >= 15 is 0 Å². The molecule has 0 spiro atoms. The van der Waals surface area contributed by atoms with E-state index in [1.165, 1.54) is 5.71 Å². The summed E-state index contributed by atoms with van der Waals surface area (Å²) in [5.41, 5.74) is 5.54. The number of likely N-dealkylation sites (tertiary alicyclic amines) is 1. The van der Waals surface area contributed by atoms with E-state index in [9.17, 15) is 0 Å². The summed E-state index contributed by atoms with van der Waals surface area (Å²) in [5.74, 6) is 1.60. The predicted molar refractivity (Wildman–Crippen MR) is 88.1 cm³/mol. The van der Waals surface area contributed by atoms with Gasteiger partial charge in [-0.25, -0.2) is 0 Å². The van der Waals surface area contributed by atoms with Crippen LogP contribution in [0.1, 0.15) is 24.9 Å². The summed E-state index contributed by atoms with van der Waals surface area (Å²) in [6.45, 7) is 5.36. The van der Waals surface area contributed by atoms with Crippen molar-refractivity contribution in [3.8, 4) is 11.5 Å². The van der Waals surface area contributed by atoms with Crippen molar-refractivity contribution >= 4 is 17.3 Å². The van der Waals surface area contributed by atoms with Gasteiger partial charge in [0.1, 0.15) is 0 Å². The maximum absolute atomic E-state index is 6.56. The molecule has 0 bridgehead atoms. The van der Waals surface area contributed by atoms with Crippen LogP contribution < -0.4 is 14.9 Å². The molecule has 0 aliphatic carbocycles. The van der Waals surface area contributed by atoms with Gasteiger partial charge < -0.3 is 19.8 Å². The maximum atomic E-state index is 6.56. The van der Waals surface area contributed by atoms with Crippen molar-refractivity contribution < 1.29 is 9.47 Å². The van der Waals surface area contributed by atoms with Gasteiger partial charge >= 0.3 is 0 Å². The van der Waals surface area contributed by atoms with Crippen LogP contribution in [0.5, 0.6) is 11.5 Å². The first-order valence-corrected chi connectivity index (χ1v) is 8.02. The van der Waals surface area contributed by atoms with Crippen molar-refractivity contribution in [2.45, 2.75) is 19.4 Å². The molecular formula is C16H22ClN3O2. The zero-order valence-corrected chi connectivity index (χ0v) is 14.0. The molecule has 1 fully saturated rings. The van der Waals surface area contributed by atoms with Crippen molar-refractivity contribution in [1.82, 2.24) is 10.3 Å². The third-order valence-corrected chi connectivity index (χ3v) is 5.00. The molecule has 0 aromatic heterocycles. The molecule has 0 amide bonds. The van der Waals surface area contributed by atoms with Crippen LogP contribution in [0.25, 0.3) is 0 Å². The molecule has 2 aliphatic heterocycles. The molecule has 2 heterocycles. The minimum absolute atomic E-state index is 0.0941. The highest BCUT2D eigenvalue weighted by Gasteiger charge is 2.38. The Morgan fingerprint density at radius 2 is 2.18 bits per heavy atom. The molecule has 0 saturated carbocycles. The summed E-state index contributed by atoms with van der Waals surface area (Å²) in [7, 11) is 3.22. The lowest BCUT2D eigenvalue weighted by Crippen LogP contribution is -2.41. The largest absolute Gasteiger partial charge is 0.493 e. The van der Waals surface area contributed by atoms with E-state index in [2.05, 4.69) is 22.4 Å². The van der Waals surface area contributed by atoms with Gasteiger partial charge in [-0.15, -0.1) is 0 Å². The lowest BCUT2D eigenvalue weighted by molar-refractivity contribution is 0.238. The fraction of sp³-hybridized carbons (Fsp3) is 0.562. The third-order valence-electron chi connectivity index (χ3n) is 4.61. The molecule has 5 nitrogen and oxygen atoms in total. The number of hydrazone groups is 1. The van der Waals surface area contributed by atoms with Crippen LogP contribution in [0.3, 0.4) is 0 Å². The van der Waals surface area contributed by atoms with Gasteiger partial charge in [-0.05, 0) is 18.2 Å². The predicted octanol–water partition coefficient (Wildman–Crippen LogP) is 2.70. The molecule has 2 unspecified atom stereocenters. The molecule has 6 heteroatoms. The van der Waals surface area contributed by atoms with Gasteiger partial charge in [0, 0.05) is 31.1 Å². The summed E-state index contributed by atoms with van der Waals surface area (Å²) in [5, 5.41) is 5.13. The maximum Gasteiger partial charge on any atom is 0.179 e. The van der Waals surface area contributed by atoms with Gasteiger partial charge in [0.2, 0.25) is 0 Å². The van der Waals surface area contributed by atoms with Gasteiger partial charge in [0.25, 0.3) is 0 Å². The van der Waals surface area contributed by atoms with E-state index in [4.69, 9.17) is 21.1 Å². The van der Waals surface area contributed by atoms with Gasteiger partial charge in [-0.2, -0.15) is 5.10 Å². The van der Waals surface area contributed by atoms with Crippen LogP contribution in [-0.2, 0) is 0 Å². The molecule has 1 saturated heterocycles. The zero-order valence-electron chi connectivity index (χ0n) is 13.2. The molecule has 3 rings (SSSR count). The Morgan fingerprint density at radius 1 is 1.36 bits per heavy atom. The van der Waals surface area contributed by atoms with E-state index in [1.54, 1.807) is 14.2 Å². The highest BCUT2D eigenvalue weighted by molar-refractivity contribution is 6.33. The summed E-state index contributed by atoms with van der Waals surface area (Å²) in [4.78, 5) is 2.46. The van der Waals surface area contributed by atoms with Crippen molar-refractivity contribution in [1.29, 1.82) is 0 Å². The van der Waals surface area contributed by atoms with E-state index in [1.807, 2.05) is 12.1 Å². The Bertz CT molecular complexity index is 591. The monoisotopic (exact) mass is 323 g/mol. The quantitative estimate of drug-likeness (QED) is 0.925. The molecule has 2 aliphatic rings. The topological polar surface area (TPSA) is 46.1 Å². The Hall–Kier alpha value is -1.46. The van der Waals surface area contributed by atoms with Gasteiger partial charge in [-0.3, -0.25) is 0 Å². The number of hydrogen-bond acceptors (Lipinski definition) is 5. The smallest absolute Gasteiger partial charge is 0.179 e. The second-order valence-corrected chi connectivity index (χ2v) is 6.04. The highest BCUT2D eigenvalue weighted by atomic mass is 35.5. The molecule has 1 N–H and O–H groups in total. The number of piperidine rings is 1. The van der Waals surface area contributed by atoms with Crippen molar-refractivity contribution in [3.05, 3.63) is 22.7 Å². The van der Waals surface area contributed by atoms with Crippen LogP contribution in [-0.4, -0.2) is 44.5 Å². The van der Waals surface area contributed by atoms with E-state index < -0.39 is 0 Å². The van der Waals surface area contributed by atoms with Gasteiger partial charge in [0.05, 0.1) is 25.3 Å². The zero-order chi connectivity index (χ0) is 15.7. The minimum Gasteiger partial charge on any atom is -0.493 e. The Kier molecular flexibility index (Phi) is 4.45.